The number of carbonyl (C=O) groups is 1. The van der Waals surface area contributed by atoms with Gasteiger partial charge in [-0.15, -0.1) is 12.6 Å². The predicted molar refractivity (Wildman–Crippen MR) is 118 cm³/mol. The van der Waals surface area contributed by atoms with Gasteiger partial charge in [0.05, 0.1) is 26.1 Å². The lowest BCUT2D eigenvalue weighted by Gasteiger charge is -2.21. The molecule has 0 bridgehead atoms. The third-order valence-corrected chi connectivity index (χ3v) is 6.14. The van der Waals surface area contributed by atoms with Crippen LogP contribution in [0.15, 0.2) is 41.6 Å². The number of aromatic nitrogens is 2. The van der Waals surface area contributed by atoms with Gasteiger partial charge in [-0.2, -0.15) is 0 Å². The maximum Gasteiger partial charge on any atom is 0.267 e. The van der Waals surface area contributed by atoms with Crippen LogP contribution in [-0.2, 0) is 0 Å². The molecule has 0 aliphatic rings. The second-order valence-electron chi connectivity index (χ2n) is 6.07. The Labute approximate surface area is 188 Å². The van der Waals surface area contributed by atoms with E-state index in [9.17, 15) is 4.79 Å². The first-order valence-electron chi connectivity index (χ1n) is 8.26. The van der Waals surface area contributed by atoms with Crippen LogP contribution in [0, 0.1) is 0 Å². The summed E-state index contributed by atoms with van der Waals surface area (Å²) in [7, 11) is 0. The zero-order valence-corrected chi connectivity index (χ0v) is 18.5. The molecule has 0 saturated heterocycles. The average molecular weight is 475 g/mol. The van der Waals surface area contributed by atoms with Crippen molar-refractivity contribution in [3.8, 4) is 11.3 Å². The highest BCUT2D eigenvalue weighted by Crippen LogP contribution is 2.36. The van der Waals surface area contributed by atoms with Gasteiger partial charge in [-0.05, 0) is 36.2 Å². The number of halogens is 4. The SMILES string of the molecule is CCC(c1ccc(Cl)c(Cl)c1)n1c(S)nc(-c2ccc(Cl)c(Cl)c2)c1C(N)=O. The Morgan fingerprint density at radius 3 is 2.21 bits per heavy atom. The first-order valence-corrected chi connectivity index (χ1v) is 10.2. The van der Waals surface area contributed by atoms with Crippen molar-refractivity contribution in [2.75, 3.05) is 0 Å². The summed E-state index contributed by atoms with van der Waals surface area (Å²) in [5.41, 5.74) is 7.79. The summed E-state index contributed by atoms with van der Waals surface area (Å²) in [6, 6.07) is 10.0. The topological polar surface area (TPSA) is 60.9 Å². The molecule has 0 saturated carbocycles. The second-order valence-corrected chi connectivity index (χ2v) is 8.10. The van der Waals surface area contributed by atoms with Crippen molar-refractivity contribution >= 4 is 64.9 Å². The molecule has 1 amide bonds. The second kappa shape index (κ2) is 8.56. The summed E-state index contributed by atoms with van der Waals surface area (Å²) in [5, 5.41) is 1.96. The third-order valence-electron chi connectivity index (χ3n) is 4.35. The molecular formula is C19H15Cl4N3OS. The smallest absolute Gasteiger partial charge is 0.267 e. The number of benzene rings is 2. The Bertz CT molecular complexity index is 1070. The summed E-state index contributed by atoms with van der Waals surface area (Å²) in [6.07, 6.45) is 0.642. The summed E-state index contributed by atoms with van der Waals surface area (Å²) in [6.45, 7) is 1.98. The minimum absolute atomic E-state index is 0.223. The molecule has 4 nitrogen and oxygen atoms in total. The van der Waals surface area contributed by atoms with Gasteiger partial charge >= 0.3 is 0 Å². The Balaban J connectivity index is 2.22. The van der Waals surface area contributed by atoms with E-state index >= 15 is 0 Å². The van der Waals surface area contributed by atoms with Gasteiger partial charge in [0.1, 0.15) is 11.4 Å². The molecule has 3 aromatic rings. The van der Waals surface area contributed by atoms with Crippen molar-refractivity contribution in [1.82, 2.24) is 9.55 Å². The molecule has 0 fully saturated rings. The number of nitrogens with two attached hydrogens (primary N) is 1. The van der Waals surface area contributed by atoms with Gasteiger partial charge in [0.2, 0.25) is 0 Å². The fourth-order valence-electron chi connectivity index (χ4n) is 3.08. The number of hydrogen-bond acceptors (Lipinski definition) is 3. The largest absolute Gasteiger partial charge is 0.364 e. The zero-order chi connectivity index (χ0) is 20.6. The van der Waals surface area contributed by atoms with Crippen LogP contribution >= 0.6 is 59.0 Å². The Kier molecular flexibility index (Phi) is 6.52. The summed E-state index contributed by atoms with van der Waals surface area (Å²) < 4.78 is 1.70. The van der Waals surface area contributed by atoms with Crippen molar-refractivity contribution in [1.29, 1.82) is 0 Å². The van der Waals surface area contributed by atoms with Crippen LogP contribution < -0.4 is 5.73 Å². The first kappa shape index (κ1) is 21.3. The lowest BCUT2D eigenvalue weighted by molar-refractivity contribution is 0.0990. The van der Waals surface area contributed by atoms with Gasteiger partial charge in [0.15, 0.2) is 5.16 Å². The number of primary amides is 1. The van der Waals surface area contributed by atoms with Crippen LogP contribution in [0.4, 0.5) is 0 Å². The van der Waals surface area contributed by atoms with Crippen molar-refractivity contribution in [3.63, 3.8) is 0 Å². The van der Waals surface area contributed by atoms with Crippen LogP contribution in [0.25, 0.3) is 11.3 Å². The summed E-state index contributed by atoms with van der Waals surface area (Å²) in [4.78, 5) is 16.8. The molecule has 2 N–H and O–H groups in total. The molecule has 0 aliphatic heterocycles. The van der Waals surface area contributed by atoms with E-state index in [1.54, 1.807) is 34.9 Å². The van der Waals surface area contributed by atoms with Crippen LogP contribution in [0.3, 0.4) is 0 Å². The number of imidazole rings is 1. The highest BCUT2D eigenvalue weighted by molar-refractivity contribution is 7.80. The Morgan fingerprint density at radius 2 is 1.68 bits per heavy atom. The van der Waals surface area contributed by atoms with Gasteiger partial charge in [-0.25, -0.2) is 4.98 Å². The highest BCUT2D eigenvalue weighted by atomic mass is 35.5. The van der Waals surface area contributed by atoms with E-state index in [2.05, 4.69) is 17.6 Å². The maximum absolute atomic E-state index is 12.4. The summed E-state index contributed by atoms with van der Waals surface area (Å²) in [5.74, 6) is -0.632. The van der Waals surface area contributed by atoms with Gasteiger partial charge in [-0.3, -0.25) is 4.79 Å². The average Bonchev–Trinajstić information content (AvgIpc) is 2.98. The van der Waals surface area contributed by atoms with Crippen LogP contribution in [0.2, 0.25) is 20.1 Å². The maximum atomic E-state index is 12.4. The van der Waals surface area contributed by atoms with E-state index < -0.39 is 5.91 Å². The molecule has 1 unspecified atom stereocenters. The number of nitrogens with zero attached hydrogens (tertiary/aromatic N) is 2. The predicted octanol–water partition coefficient (Wildman–Crippen LogP) is 6.55. The molecule has 146 valence electrons. The minimum Gasteiger partial charge on any atom is -0.364 e. The molecule has 1 atom stereocenters. The lowest BCUT2D eigenvalue weighted by Crippen LogP contribution is -2.22. The van der Waals surface area contributed by atoms with E-state index in [4.69, 9.17) is 52.1 Å². The van der Waals surface area contributed by atoms with Gasteiger partial charge in [-0.1, -0.05) is 65.5 Å². The van der Waals surface area contributed by atoms with E-state index in [0.717, 1.165) is 5.56 Å². The minimum atomic E-state index is -0.632. The first-order chi connectivity index (χ1) is 13.2. The van der Waals surface area contributed by atoms with Crippen molar-refractivity contribution in [2.24, 2.45) is 5.73 Å². The standard InChI is InChI=1S/C19H15Cl4N3OS/c1-2-15(9-3-5-11(20)13(22)7-9)26-17(18(24)27)16(25-19(26)28)10-4-6-12(21)14(23)8-10/h3-8,15H,2H2,1H3,(H2,24,27)(H,25,28). The van der Waals surface area contributed by atoms with Crippen molar-refractivity contribution in [3.05, 3.63) is 67.7 Å². The quantitative estimate of drug-likeness (QED) is 0.411. The van der Waals surface area contributed by atoms with E-state index in [-0.39, 0.29) is 11.7 Å². The molecule has 9 heteroatoms. The monoisotopic (exact) mass is 473 g/mol. The van der Waals surface area contributed by atoms with Crippen LogP contribution in [-0.4, -0.2) is 15.5 Å². The number of amides is 1. The van der Waals surface area contributed by atoms with Crippen LogP contribution in [0.1, 0.15) is 35.4 Å². The zero-order valence-electron chi connectivity index (χ0n) is 14.6. The van der Waals surface area contributed by atoms with Crippen molar-refractivity contribution < 1.29 is 4.79 Å². The van der Waals surface area contributed by atoms with Gasteiger partial charge < -0.3 is 10.3 Å². The fraction of sp³-hybridized carbons (Fsp3) is 0.158. The number of rotatable bonds is 5. The fourth-order valence-corrected chi connectivity index (χ4v) is 4.03. The molecule has 0 aliphatic carbocycles. The molecule has 1 aromatic heterocycles. The molecule has 2 aromatic carbocycles. The Morgan fingerprint density at radius 1 is 1.07 bits per heavy atom. The van der Waals surface area contributed by atoms with Crippen molar-refractivity contribution in [2.45, 2.75) is 24.5 Å². The third kappa shape index (κ3) is 4.00. The summed E-state index contributed by atoms with van der Waals surface area (Å²) >= 11 is 28.8. The highest BCUT2D eigenvalue weighted by Gasteiger charge is 2.27. The number of carbonyl (C=O) groups excluding carboxylic acids is 1. The number of hydrogen-bond donors (Lipinski definition) is 2. The molecule has 0 spiro atoms. The van der Waals surface area contributed by atoms with E-state index in [1.807, 2.05) is 13.0 Å². The van der Waals surface area contributed by atoms with Gasteiger partial charge in [0, 0.05) is 5.56 Å². The molecule has 0 radical (unpaired) electrons. The molecule has 1 heterocycles. The Hall–Kier alpha value is -1.37. The number of thiol groups is 1. The molecule has 28 heavy (non-hydrogen) atoms. The molecule has 3 rings (SSSR count). The normalized spacial score (nSPS) is 12.2. The van der Waals surface area contributed by atoms with E-state index in [0.29, 0.717) is 42.9 Å². The van der Waals surface area contributed by atoms with Gasteiger partial charge in [0.25, 0.3) is 5.91 Å². The van der Waals surface area contributed by atoms with Crippen LogP contribution in [0.5, 0.6) is 0 Å². The van der Waals surface area contributed by atoms with E-state index in [1.165, 1.54) is 0 Å². The molecular weight excluding hydrogens is 460 g/mol. The lowest BCUT2D eigenvalue weighted by atomic mass is 10.0.